The molecular formula is C10H5NO2Se. The Morgan fingerprint density at radius 3 is 2.79 bits per heavy atom. The molecule has 3 nitrogen and oxygen atoms in total. The van der Waals surface area contributed by atoms with Gasteiger partial charge in [-0.25, -0.2) is 0 Å². The summed E-state index contributed by atoms with van der Waals surface area (Å²) in [5.41, 5.74) is 0.327. The Kier molecular flexibility index (Phi) is 2.12. The number of hydrogen-bond donors (Lipinski definition) is 1. The molecule has 1 aromatic carbocycles. The number of benzene rings is 1. The fourth-order valence-corrected chi connectivity index (χ4v) is 3.39. The average Bonchev–Trinajstić information content (AvgIpc) is 2.56. The maximum absolute atomic E-state index is 10.8. The molecule has 2 aromatic rings. The van der Waals surface area contributed by atoms with E-state index in [1.54, 1.807) is 6.07 Å². The topological polar surface area (TPSA) is 61.1 Å². The Morgan fingerprint density at radius 2 is 2.14 bits per heavy atom. The van der Waals surface area contributed by atoms with Crippen LogP contribution in [0.2, 0.25) is 0 Å². The number of fused-ring (bicyclic) bond motifs is 1. The van der Waals surface area contributed by atoms with Crippen LogP contribution in [0.1, 0.15) is 14.8 Å². The van der Waals surface area contributed by atoms with Gasteiger partial charge in [0.25, 0.3) is 0 Å². The summed E-state index contributed by atoms with van der Waals surface area (Å²) in [6.07, 6.45) is 0. The van der Waals surface area contributed by atoms with Crippen molar-refractivity contribution < 1.29 is 9.90 Å². The van der Waals surface area contributed by atoms with E-state index in [4.69, 9.17) is 10.4 Å². The van der Waals surface area contributed by atoms with Gasteiger partial charge < -0.3 is 0 Å². The van der Waals surface area contributed by atoms with Crippen molar-refractivity contribution >= 4 is 30.1 Å². The summed E-state index contributed by atoms with van der Waals surface area (Å²) >= 11 is -0.229. The molecule has 1 heterocycles. The predicted molar refractivity (Wildman–Crippen MR) is 52.6 cm³/mol. The number of hydrogen-bond acceptors (Lipinski definition) is 2. The van der Waals surface area contributed by atoms with E-state index in [1.165, 1.54) is 0 Å². The number of rotatable bonds is 1. The van der Waals surface area contributed by atoms with Crippen LogP contribution in [0.15, 0.2) is 24.3 Å². The molecule has 4 heteroatoms. The molecule has 0 aliphatic rings. The molecule has 0 spiro atoms. The molecule has 1 N–H and O–H groups in total. The van der Waals surface area contributed by atoms with Crippen LogP contribution in [0.5, 0.6) is 0 Å². The number of aromatic carboxylic acids is 1. The molecular weight excluding hydrogens is 245 g/mol. The first-order valence-corrected chi connectivity index (χ1v) is 5.60. The molecule has 0 saturated carbocycles. The van der Waals surface area contributed by atoms with E-state index in [0.29, 0.717) is 5.56 Å². The van der Waals surface area contributed by atoms with Crippen LogP contribution < -0.4 is 0 Å². The van der Waals surface area contributed by atoms with Crippen molar-refractivity contribution in [3.05, 3.63) is 34.3 Å². The minimum absolute atomic E-state index is 0.229. The normalized spacial score (nSPS) is 9.93. The summed E-state index contributed by atoms with van der Waals surface area (Å²) in [6.45, 7) is 0. The third-order valence-electron chi connectivity index (χ3n) is 1.90. The van der Waals surface area contributed by atoms with E-state index < -0.39 is 5.97 Å². The van der Waals surface area contributed by atoms with E-state index >= 15 is 0 Å². The number of carboxylic acids is 1. The molecule has 68 valence electrons. The van der Waals surface area contributed by atoms with Gasteiger partial charge >= 0.3 is 85.6 Å². The van der Waals surface area contributed by atoms with Gasteiger partial charge in [-0.15, -0.1) is 0 Å². The van der Waals surface area contributed by atoms with E-state index in [9.17, 15) is 4.79 Å². The van der Waals surface area contributed by atoms with E-state index in [2.05, 4.69) is 0 Å². The Morgan fingerprint density at radius 1 is 1.43 bits per heavy atom. The summed E-state index contributed by atoms with van der Waals surface area (Å²) in [6, 6.07) is 9.32. The molecule has 1 aromatic heterocycles. The van der Waals surface area contributed by atoms with Gasteiger partial charge in [-0.1, -0.05) is 0 Å². The average molecular weight is 250 g/mol. The van der Waals surface area contributed by atoms with E-state index in [1.807, 2.05) is 24.3 Å². The van der Waals surface area contributed by atoms with Crippen molar-refractivity contribution in [2.45, 2.75) is 0 Å². The van der Waals surface area contributed by atoms with Gasteiger partial charge in [0.15, 0.2) is 0 Å². The summed E-state index contributed by atoms with van der Waals surface area (Å²) < 4.78 is 1.25. The van der Waals surface area contributed by atoms with Crippen LogP contribution in [0.4, 0.5) is 0 Å². The second kappa shape index (κ2) is 3.30. The van der Waals surface area contributed by atoms with Crippen LogP contribution in [0, 0.1) is 11.3 Å². The predicted octanol–water partition coefficient (Wildman–Crippen LogP) is 1.47. The molecule has 0 bridgehead atoms. The maximum atomic E-state index is 10.8. The molecule has 0 aliphatic carbocycles. The molecule has 0 saturated heterocycles. The van der Waals surface area contributed by atoms with Crippen LogP contribution in [0.25, 0.3) is 9.65 Å². The molecule has 0 fully saturated rings. The zero-order chi connectivity index (χ0) is 10.1. The number of nitrogens with zero attached hydrogens (tertiary/aromatic N) is 1. The standard InChI is InChI=1S/C10H5NO2Se/c11-5-7-6-3-1-2-4-8(6)14-9(7)10(12)13/h1-4H,(H,12,13). The van der Waals surface area contributed by atoms with Crippen molar-refractivity contribution in [3.8, 4) is 6.07 Å². The van der Waals surface area contributed by atoms with Crippen molar-refractivity contribution in [3.63, 3.8) is 0 Å². The van der Waals surface area contributed by atoms with Gasteiger partial charge in [-0.3, -0.25) is 0 Å². The number of carbonyl (C=O) groups is 1. The van der Waals surface area contributed by atoms with Crippen molar-refractivity contribution in [1.29, 1.82) is 5.26 Å². The fourth-order valence-electron chi connectivity index (χ4n) is 1.31. The van der Waals surface area contributed by atoms with Gasteiger partial charge in [-0.2, -0.15) is 0 Å². The zero-order valence-electron chi connectivity index (χ0n) is 7.02. The van der Waals surface area contributed by atoms with Crippen LogP contribution in [0.3, 0.4) is 0 Å². The first kappa shape index (κ1) is 9.01. The molecule has 14 heavy (non-hydrogen) atoms. The van der Waals surface area contributed by atoms with Crippen LogP contribution >= 0.6 is 0 Å². The Balaban J connectivity index is 2.87. The second-order valence-electron chi connectivity index (χ2n) is 2.72. The van der Waals surface area contributed by atoms with Gasteiger partial charge in [-0.05, 0) is 0 Å². The zero-order valence-corrected chi connectivity index (χ0v) is 8.73. The third-order valence-corrected chi connectivity index (χ3v) is 4.33. The van der Waals surface area contributed by atoms with E-state index in [-0.39, 0.29) is 18.9 Å². The summed E-state index contributed by atoms with van der Waals surface area (Å²) in [5, 5.41) is 18.5. The molecule has 0 amide bonds. The Bertz CT molecular complexity index is 551. The third kappa shape index (κ3) is 1.24. The summed E-state index contributed by atoms with van der Waals surface area (Å²) in [7, 11) is 0. The SMILES string of the molecule is N#Cc1c(C(=O)O)[se]c2ccccc12. The number of nitriles is 1. The minimum atomic E-state index is -0.974. The van der Waals surface area contributed by atoms with Crippen molar-refractivity contribution in [2.75, 3.05) is 0 Å². The molecule has 0 atom stereocenters. The molecule has 0 unspecified atom stereocenters. The van der Waals surface area contributed by atoms with Gasteiger partial charge in [0, 0.05) is 0 Å². The Labute approximate surface area is 85.9 Å². The fraction of sp³-hybridized carbons (Fsp3) is 0. The first-order valence-electron chi connectivity index (χ1n) is 3.89. The first-order chi connectivity index (χ1) is 6.74. The molecule has 0 aliphatic heterocycles. The Hall–Kier alpha value is -1.56. The molecule has 0 radical (unpaired) electrons. The van der Waals surface area contributed by atoms with Crippen LogP contribution in [-0.4, -0.2) is 25.6 Å². The second-order valence-corrected chi connectivity index (χ2v) is 4.93. The number of carboxylic acid groups (broad SMARTS) is 1. The summed E-state index contributed by atoms with van der Waals surface area (Å²) in [5.74, 6) is -0.974. The molecule has 2 rings (SSSR count). The summed E-state index contributed by atoms with van der Waals surface area (Å²) in [4.78, 5) is 10.8. The van der Waals surface area contributed by atoms with Gasteiger partial charge in [0.2, 0.25) is 0 Å². The van der Waals surface area contributed by atoms with Crippen molar-refractivity contribution in [1.82, 2.24) is 0 Å². The monoisotopic (exact) mass is 251 g/mol. The van der Waals surface area contributed by atoms with Gasteiger partial charge in [0.05, 0.1) is 0 Å². The van der Waals surface area contributed by atoms with Crippen molar-refractivity contribution in [2.24, 2.45) is 0 Å². The van der Waals surface area contributed by atoms with Gasteiger partial charge in [0.1, 0.15) is 0 Å². The quantitative estimate of drug-likeness (QED) is 0.779. The van der Waals surface area contributed by atoms with E-state index in [0.717, 1.165) is 9.65 Å². The van der Waals surface area contributed by atoms with Crippen LogP contribution in [-0.2, 0) is 0 Å².